The van der Waals surface area contributed by atoms with Crippen molar-refractivity contribution in [1.82, 2.24) is 14.8 Å². The molecular weight excluding hydrogens is 681 g/mol. The Bertz CT molecular complexity index is 1610. The van der Waals surface area contributed by atoms with E-state index in [0.717, 1.165) is 48.1 Å². The summed E-state index contributed by atoms with van der Waals surface area (Å²) in [7, 11) is 3.33. The highest BCUT2D eigenvalue weighted by Gasteiger charge is 2.48. The number of piperidine rings is 1. The third kappa shape index (κ3) is 9.80. The number of ether oxygens (including phenoxy) is 4. The molecule has 3 aromatic rings. The molecule has 2 aliphatic rings. The summed E-state index contributed by atoms with van der Waals surface area (Å²) in [6, 6.07) is 13.1. The Balaban J connectivity index is 1.29. The Kier molecular flexibility index (Phi) is 13.6. The minimum Gasteiger partial charge on any atom is -0.491 e. The predicted octanol–water partition coefficient (Wildman–Crippen LogP) is 5.53. The van der Waals surface area contributed by atoms with Crippen LogP contribution in [0.1, 0.15) is 54.4 Å². The quantitative estimate of drug-likeness (QED) is 0.165. The number of amides is 1. The number of aryl methyl sites for hydroxylation is 3. The third-order valence-corrected chi connectivity index (χ3v) is 9.92. The normalized spacial score (nSPS) is 19.0. The van der Waals surface area contributed by atoms with Crippen molar-refractivity contribution in [3.8, 4) is 11.5 Å². The molecule has 1 aliphatic heterocycles. The smallest absolute Gasteiger partial charge is 0.250 e. The van der Waals surface area contributed by atoms with E-state index in [2.05, 4.69) is 11.4 Å². The Morgan fingerprint density at radius 2 is 1.72 bits per heavy atom. The average molecular weight is 731 g/mol. The van der Waals surface area contributed by atoms with E-state index in [1.807, 2.05) is 24.0 Å². The Morgan fingerprint density at radius 3 is 2.42 bits per heavy atom. The number of nitrogens with one attached hydrogen (secondary N) is 1. The van der Waals surface area contributed by atoms with Crippen LogP contribution in [0.5, 0.6) is 11.5 Å². The standard InChI is InChI=1S/C38H49Cl2N3O7/c1-26-18-33(39)36(34(40)19-26)50-15-5-12-42-13-9-29(23-35(42)44)38(46)10-11-41-24-32(38)37(45)43(30-7-8-30)25-28-20-27(6-4-14-47-2)21-31(22-28)49-17-16-48-3/h9,13,18-23,30,32,41,46H,4-8,10-12,14-17,24-25H2,1-3H3/t32?,38-/m0/s1. The number of carbonyl (C=O) groups is 1. The predicted molar refractivity (Wildman–Crippen MR) is 194 cm³/mol. The molecule has 1 unspecified atom stereocenters. The fourth-order valence-electron chi connectivity index (χ4n) is 6.58. The van der Waals surface area contributed by atoms with Gasteiger partial charge in [-0.1, -0.05) is 29.3 Å². The van der Waals surface area contributed by atoms with Crippen molar-refractivity contribution in [3.05, 3.63) is 91.3 Å². The van der Waals surface area contributed by atoms with Gasteiger partial charge in [0.2, 0.25) is 5.91 Å². The van der Waals surface area contributed by atoms with E-state index in [1.165, 1.54) is 6.07 Å². The number of hydrogen-bond donors (Lipinski definition) is 2. The summed E-state index contributed by atoms with van der Waals surface area (Å²) in [5.74, 6) is 0.285. The second-order valence-electron chi connectivity index (χ2n) is 13.3. The van der Waals surface area contributed by atoms with Crippen LogP contribution >= 0.6 is 23.2 Å². The lowest BCUT2D eigenvalue weighted by molar-refractivity contribution is -0.150. The largest absolute Gasteiger partial charge is 0.491 e. The number of aromatic nitrogens is 1. The lowest BCUT2D eigenvalue weighted by atomic mass is 9.76. The highest BCUT2D eigenvalue weighted by Crippen LogP contribution is 2.39. The van der Waals surface area contributed by atoms with Gasteiger partial charge in [0.15, 0.2) is 5.75 Å². The Labute approximate surface area is 304 Å². The first-order valence-corrected chi connectivity index (χ1v) is 18.1. The van der Waals surface area contributed by atoms with Gasteiger partial charge in [0, 0.05) is 58.8 Å². The molecule has 0 radical (unpaired) electrons. The summed E-state index contributed by atoms with van der Waals surface area (Å²) in [6.07, 6.45) is 6.05. The molecule has 5 rings (SSSR count). The molecule has 2 aromatic carbocycles. The first kappa shape index (κ1) is 38.1. The highest BCUT2D eigenvalue weighted by atomic mass is 35.5. The SMILES string of the molecule is COCCCc1cc(CN(C(=O)C2CNCC[C@]2(O)c2ccn(CCCOc3c(Cl)cc(C)cc3Cl)c(=O)c2)C2CC2)cc(OCCOC)c1. The van der Waals surface area contributed by atoms with Crippen LogP contribution in [0.4, 0.5) is 0 Å². The number of carbonyl (C=O) groups excluding carboxylic acids is 1. The zero-order valence-corrected chi connectivity index (χ0v) is 30.7. The van der Waals surface area contributed by atoms with E-state index >= 15 is 0 Å². The molecule has 1 amide bonds. The number of methoxy groups -OCH3 is 2. The molecule has 0 spiro atoms. The van der Waals surface area contributed by atoms with Crippen molar-refractivity contribution in [2.45, 2.75) is 70.2 Å². The summed E-state index contributed by atoms with van der Waals surface area (Å²) in [5.41, 5.74) is 1.73. The molecule has 2 atom stereocenters. The number of hydrogen-bond acceptors (Lipinski definition) is 8. The topological polar surface area (TPSA) is 111 Å². The van der Waals surface area contributed by atoms with Gasteiger partial charge in [0.25, 0.3) is 5.56 Å². The Morgan fingerprint density at radius 1 is 0.980 bits per heavy atom. The van der Waals surface area contributed by atoms with Gasteiger partial charge in [-0.25, -0.2) is 0 Å². The maximum absolute atomic E-state index is 14.4. The molecule has 2 heterocycles. The van der Waals surface area contributed by atoms with Crippen LogP contribution in [0.15, 0.2) is 53.5 Å². The first-order chi connectivity index (χ1) is 24.1. The van der Waals surface area contributed by atoms with Crippen LogP contribution < -0.4 is 20.3 Å². The third-order valence-electron chi connectivity index (χ3n) is 9.35. The van der Waals surface area contributed by atoms with E-state index < -0.39 is 11.5 Å². The van der Waals surface area contributed by atoms with E-state index in [1.54, 1.807) is 43.2 Å². The molecule has 2 N–H and O–H groups in total. The maximum Gasteiger partial charge on any atom is 0.250 e. The minimum atomic E-state index is -1.49. The molecule has 10 nitrogen and oxygen atoms in total. The molecule has 272 valence electrons. The van der Waals surface area contributed by atoms with Gasteiger partial charge in [0.1, 0.15) is 18.0 Å². The minimum absolute atomic E-state index is 0.101. The molecule has 1 aromatic heterocycles. The second kappa shape index (κ2) is 17.9. The van der Waals surface area contributed by atoms with Crippen molar-refractivity contribution in [1.29, 1.82) is 0 Å². The van der Waals surface area contributed by atoms with Crippen LogP contribution in [-0.4, -0.2) is 80.3 Å². The van der Waals surface area contributed by atoms with Crippen molar-refractivity contribution >= 4 is 29.1 Å². The number of aliphatic hydroxyl groups is 1. The average Bonchev–Trinajstić information content (AvgIpc) is 3.93. The van der Waals surface area contributed by atoms with Gasteiger partial charge in [0.05, 0.1) is 29.2 Å². The van der Waals surface area contributed by atoms with Crippen molar-refractivity contribution in [3.63, 3.8) is 0 Å². The van der Waals surface area contributed by atoms with Crippen LogP contribution in [0.2, 0.25) is 10.0 Å². The van der Waals surface area contributed by atoms with E-state index in [-0.39, 0.29) is 17.5 Å². The van der Waals surface area contributed by atoms with Crippen molar-refractivity contribution in [2.24, 2.45) is 5.92 Å². The highest BCUT2D eigenvalue weighted by molar-refractivity contribution is 6.37. The maximum atomic E-state index is 14.4. The molecule has 1 aliphatic carbocycles. The van der Waals surface area contributed by atoms with Crippen molar-refractivity contribution in [2.75, 3.05) is 53.7 Å². The molecule has 2 fully saturated rings. The fraction of sp³-hybridized carbons (Fsp3) is 0.526. The lowest BCUT2D eigenvalue weighted by Gasteiger charge is -2.42. The summed E-state index contributed by atoms with van der Waals surface area (Å²) in [6.45, 7) is 5.41. The van der Waals surface area contributed by atoms with Crippen molar-refractivity contribution < 1.29 is 28.8 Å². The van der Waals surface area contributed by atoms with Crippen LogP contribution in [0, 0.1) is 12.8 Å². The number of halogens is 2. The summed E-state index contributed by atoms with van der Waals surface area (Å²) >= 11 is 12.6. The number of benzene rings is 2. The Hall–Kier alpha value is -3.12. The van der Waals surface area contributed by atoms with Gasteiger partial charge in [-0.15, -0.1) is 0 Å². The van der Waals surface area contributed by atoms with Gasteiger partial charge in [-0.2, -0.15) is 0 Å². The zero-order valence-electron chi connectivity index (χ0n) is 29.2. The number of rotatable bonds is 18. The van der Waals surface area contributed by atoms with Crippen LogP contribution in [0.25, 0.3) is 0 Å². The zero-order chi connectivity index (χ0) is 35.7. The molecule has 1 saturated carbocycles. The first-order valence-electron chi connectivity index (χ1n) is 17.4. The van der Waals surface area contributed by atoms with E-state index in [4.69, 9.17) is 42.1 Å². The van der Waals surface area contributed by atoms with Crippen LogP contribution in [-0.2, 0) is 39.4 Å². The van der Waals surface area contributed by atoms with Gasteiger partial charge in [-0.3, -0.25) is 9.59 Å². The molecule has 50 heavy (non-hydrogen) atoms. The van der Waals surface area contributed by atoms with Gasteiger partial charge < -0.3 is 38.8 Å². The van der Waals surface area contributed by atoms with E-state index in [9.17, 15) is 14.7 Å². The van der Waals surface area contributed by atoms with E-state index in [0.29, 0.717) is 86.8 Å². The number of pyridine rings is 1. The fourth-order valence-corrected chi connectivity index (χ4v) is 7.29. The summed E-state index contributed by atoms with van der Waals surface area (Å²) < 4.78 is 23.8. The summed E-state index contributed by atoms with van der Waals surface area (Å²) in [5, 5.41) is 16.4. The van der Waals surface area contributed by atoms with Gasteiger partial charge in [-0.05, 0) is 105 Å². The monoisotopic (exact) mass is 729 g/mol. The number of nitrogens with zero attached hydrogens (tertiary/aromatic N) is 2. The second-order valence-corrected chi connectivity index (χ2v) is 14.1. The molecule has 0 bridgehead atoms. The lowest BCUT2D eigenvalue weighted by Crippen LogP contribution is -2.55. The summed E-state index contributed by atoms with van der Waals surface area (Å²) in [4.78, 5) is 29.6. The van der Waals surface area contributed by atoms with Gasteiger partial charge >= 0.3 is 0 Å². The molecule has 1 saturated heterocycles. The molecule has 12 heteroatoms. The molecular formula is C38H49Cl2N3O7. The van der Waals surface area contributed by atoms with Crippen LogP contribution in [0.3, 0.4) is 0 Å².